The Morgan fingerprint density at radius 1 is 0.933 bits per heavy atom. The van der Waals surface area contributed by atoms with Crippen LogP contribution in [0.4, 0.5) is 5.69 Å². The molecule has 0 radical (unpaired) electrons. The van der Waals surface area contributed by atoms with E-state index in [0.29, 0.717) is 17.2 Å². The SMILES string of the molecule is COc1ccccc1N(C[C@H](O)COc1ccc(C)cc1)S(=O)(=O)c1ccccc1. The molecule has 3 aromatic rings. The van der Waals surface area contributed by atoms with E-state index < -0.39 is 16.1 Å². The van der Waals surface area contributed by atoms with Crippen LogP contribution in [0.25, 0.3) is 0 Å². The number of rotatable bonds is 9. The molecule has 6 nitrogen and oxygen atoms in total. The van der Waals surface area contributed by atoms with Gasteiger partial charge in [-0.3, -0.25) is 4.31 Å². The predicted octanol–water partition coefficient (Wildman–Crippen LogP) is 3.64. The van der Waals surface area contributed by atoms with Crippen LogP contribution < -0.4 is 13.8 Å². The summed E-state index contributed by atoms with van der Waals surface area (Å²) < 4.78 is 38.9. The Hall–Kier alpha value is -3.03. The molecule has 0 amide bonds. The summed E-state index contributed by atoms with van der Waals surface area (Å²) in [5.74, 6) is 0.998. The number of methoxy groups -OCH3 is 1. The van der Waals surface area contributed by atoms with Crippen molar-refractivity contribution in [2.75, 3.05) is 24.6 Å². The largest absolute Gasteiger partial charge is 0.495 e. The smallest absolute Gasteiger partial charge is 0.264 e. The molecule has 0 unspecified atom stereocenters. The summed E-state index contributed by atoms with van der Waals surface area (Å²) in [7, 11) is -2.46. The number of ether oxygens (including phenoxy) is 2. The molecule has 0 saturated carbocycles. The fraction of sp³-hybridized carbons (Fsp3) is 0.217. The van der Waals surface area contributed by atoms with Gasteiger partial charge in [-0.2, -0.15) is 0 Å². The van der Waals surface area contributed by atoms with E-state index in [1.54, 1.807) is 54.6 Å². The van der Waals surface area contributed by atoms with E-state index >= 15 is 0 Å². The molecule has 0 aliphatic rings. The Morgan fingerprint density at radius 2 is 1.57 bits per heavy atom. The standard InChI is InChI=1S/C23H25NO5S/c1-18-12-14-20(15-13-18)29-17-19(25)16-24(22-10-6-7-11-23(22)28-2)30(26,27)21-8-4-3-5-9-21/h3-15,19,25H,16-17H2,1-2H3/t19-/m0/s1. The number of para-hydroxylation sites is 2. The summed E-state index contributed by atoms with van der Waals surface area (Å²) in [6, 6.07) is 22.3. The molecular weight excluding hydrogens is 402 g/mol. The second-order valence-corrected chi connectivity index (χ2v) is 8.66. The number of sulfonamides is 1. The van der Waals surface area contributed by atoms with Crippen molar-refractivity contribution in [2.45, 2.75) is 17.9 Å². The van der Waals surface area contributed by atoms with Gasteiger partial charge >= 0.3 is 0 Å². The van der Waals surface area contributed by atoms with Gasteiger partial charge in [-0.15, -0.1) is 0 Å². The molecule has 158 valence electrons. The Kier molecular flexibility index (Phi) is 6.97. The van der Waals surface area contributed by atoms with Crippen molar-refractivity contribution in [1.82, 2.24) is 0 Å². The minimum atomic E-state index is -3.93. The van der Waals surface area contributed by atoms with Gasteiger partial charge in [0.15, 0.2) is 0 Å². The number of anilines is 1. The van der Waals surface area contributed by atoms with Gasteiger partial charge in [0, 0.05) is 0 Å². The number of aliphatic hydroxyl groups is 1. The minimum absolute atomic E-state index is 0.0565. The first-order valence-corrected chi connectivity index (χ1v) is 10.9. The maximum atomic E-state index is 13.4. The van der Waals surface area contributed by atoms with Crippen molar-refractivity contribution in [3.8, 4) is 11.5 Å². The Balaban J connectivity index is 1.87. The zero-order valence-electron chi connectivity index (χ0n) is 16.9. The van der Waals surface area contributed by atoms with Crippen LogP contribution >= 0.6 is 0 Å². The number of nitrogens with zero attached hydrogens (tertiary/aromatic N) is 1. The van der Waals surface area contributed by atoms with Gasteiger partial charge in [0.05, 0.1) is 24.2 Å². The summed E-state index contributed by atoms with van der Waals surface area (Å²) in [5, 5.41) is 10.6. The fourth-order valence-electron chi connectivity index (χ4n) is 2.95. The first kappa shape index (κ1) is 21.7. The molecule has 3 aromatic carbocycles. The fourth-order valence-corrected chi connectivity index (χ4v) is 4.49. The number of hydrogen-bond donors (Lipinski definition) is 1. The molecule has 0 bridgehead atoms. The van der Waals surface area contributed by atoms with Crippen LogP contribution in [0.3, 0.4) is 0 Å². The summed E-state index contributed by atoms with van der Waals surface area (Å²) in [5.41, 5.74) is 1.44. The number of hydrogen-bond acceptors (Lipinski definition) is 5. The molecule has 0 saturated heterocycles. The zero-order chi connectivity index (χ0) is 21.6. The normalized spacial score (nSPS) is 12.2. The lowest BCUT2D eigenvalue weighted by molar-refractivity contribution is 0.115. The van der Waals surface area contributed by atoms with E-state index in [1.165, 1.54) is 19.2 Å². The first-order valence-electron chi connectivity index (χ1n) is 9.50. The third-order valence-corrected chi connectivity index (χ3v) is 6.32. The third-order valence-electron chi connectivity index (χ3n) is 4.53. The third kappa shape index (κ3) is 5.11. The van der Waals surface area contributed by atoms with Crippen molar-refractivity contribution in [3.63, 3.8) is 0 Å². The van der Waals surface area contributed by atoms with Gasteiger partial charge in [0.2, 0.25) is 0 Å². The van der Waals surface area contributed by atoms with Gasteiger partial charge in [0.1, 0.15) is 24.2 Å². The Morgan fingerprint density at radius 3 is 2.23 bits per heavy atom. The van der Waals surface area contributed by atoms with E-state index in [1.807, 2.05) is 19.1 Å². The maximum Gasteiger partial charge on any atom is 0.264 e. The van der Waals surface area contributed by atoms with Gasteiger partial charge < -0.3 is 14.6 Å². The van der Waals surface area contributed by atoms with Crippen LogP contribution in [-0.4, -0.2) is 39.9 Å². The second-order valence-electron chi connectivity index (χ2n) is 6.80. The molecule has 0 aromatic heterocycles. The van der Waals surface area contributed by atoms with Gasteiger partial charge in [-0.25, -0.2) is 8.42 Å². The number of aliphatic hydroxyl groups excluding tert-OH is 1. The highest BCUT2D eigenvalue weighted by Crippen LogP contribution is 2.32. The van der Waals surface area contributed by atoms with E-state index in [0.717, 1.165) is 9.87 Å². The summed E-state index contributed by atoms with van der Waals surface area (Å²) in [6.45, 7) is 1.72. The molecule has 0 aliphatic carbocycles. The lowest BCUT2D eigenvalue weighted by atomic mass is 10.2. The van der Waals surface area contributed by atoms with Crippen molar-refractivity contribution in [1.29, 1.82) is 0 Å². The van der Waals surface area contributed by atoms with E-state index in [2.05, 4.69) is 0 Å². The van der Waals surface area contributed by atoms with Crippen LogP contribution in [0, 0.1) is 6.92 Å². The highest BCUT2D eigenvalue weighted by molar-refractivity contribution is 7.92. The van der Waals surface area contributed by atoms with Crippen LogP contribution in [0.5, 0.6) is 11.5 Å². The molecule has 1 N–H and O–H groups in total. The van der Waals surface area contributed by atoms with Crippen molar-refractivity contribution >= 4 is 15.7 Å². The van der Waals surface area contributed by atoms with Gasteiger partial charge in [-0.05, 0) is 43.3 Å². The molecule has 1 atom stereocenters. The monoisotopic (exact) mass is 427 g/mol. The molecule has 0 aliphatic heterocycles. The maximum absolute atomic E-state index is 13.4. The topological polar surface area (TPSA) is 76.1 Å². The predicted molar refractivity (Wildman–Crippen MR) is 117 cm³/mol. The average molecular weight is 428 g/mol. The summed E-state index contributed by atoms with van der Waals surface area (Å²) in [4.78, 5) is 0.127. The summed E-state index contributed by atoms with van der Waals surface area (Å²) >= 11 is 0. The lowest BCUT2D eigenvalue weighted by Crippen LogP contribution is -2.40. The first-order chi connectivity index (χ1) is 14.4. The highest BCUT2D eigenvalue weighted by atomic mass is 32.2. The van der Waals surface area contributed by atoms with Crippen LogP contribution in [0.1, 0.15) is 5.56 Å². The average Bonchev–Trinajstić information content (AvgIpc) is 2.77. The van der Waals surface area contributed by atoms with Crippen LogP contribution in [0.2, 0.25) is 0 Å². The summed E-state index contributed by atoms with van der Waals surface area (Å²) in [6.07, 6.45) is -1.06. The van der Waals surface area contributed by atoms with Crippen molar-refractivity contribution in [2.24, 2.45) is 0 Å². The van der Waals surface area contributed by atoms with Gasteiger partial charge in [0.25, 0.3) is 10.0 Å². The molecule has 30 heavy (non-hydrogen) atoms. The number of aryl methyl sites for hydroxylation is 1. The van der Waals surface area contributed by atoms with Crippen molar-refractivity contribution in [3.05, 3.63) is 84.4 Å². The van der Waals surface area contributed by atoms with Gasteiger partial charge in [-0.1, -0.05) is 48.0 Å². The Labute approximate surface area is 177 Å². The molecule has 0 spiro atoms. The van der Waals surface area contributed by atoms with E-state index in [9.17, 15) is 13.5 Å². The molecule has 0 heterocycles. The van der Waals surface area contributed by atoms with Crippen molar-refractivity contribution < 1.29 is 23.0 Å². The van der Waals surface area contributed by atoms with Crippen LogP contribution in [-0.2, 0) is 10.0 Å². The minimum Gasteiger partial charge on any atom is -0.495 e. The van der Waals surface area contributed by atoms with E-state index in [4.69, 9.17) is 9.47 Å². The molecule has 3 rings (SSSR count). The quantitative estimate of drug-likeness (QED) is 0.564. The molecule has 7 heteroatoms. The van der Waals surface area contributed by atoms with E-state index in [-0.39, 0.29) is 18.0 Å². The molecular formula is C23H25NO5S. The zero-order valence-corrected chi connectivity index (χ0v) is 17.7. The van der Waals surface area contributed by atoms with Crippen LogP contribution in [0.15, 0.2) is 83.8 Å². The lowest BCUT2D eigenvalue weighted by Gasteiger charge is -2.28. The highest BCUT2D eigenvalue weighted by Gasteiger charge is 2.29. The second kappa shape index (κ2) is 9.65. The molecule has 0 fully saturated rings. The Bertz CT molecular complexity index is 1050. The number of benzene rings is 3.